The van der Waals surface area contributed by atoms with Gasteiger partial charge in [0, 0.05) is 41.5 Å². The molecule has 0 aliphatic rings. The largest absolute Gasteiger partial charge is 0.595 e. The zero-order valence-corrected chi connectivity index (χ0v) is 21.1. The van der Waals surface area contributed by atoms with Gasteiger partial charge in [0.05, 0.1) is 0 Å². The third-order valence-corrected chi connectivity index (χ3v) is 8.52. The van der Waals surface area contributed by atoms with Crippen LogP contribution in [0.25, 0.3) is 0 Å². The van der Waals surface area contributed by atoms with E-state index in [1.807, 2.05) is 0 Å². The lowest BCUT2D eigenvalue weighted by atomic mass is 10.2. The number of rotatable bonds is 7. The summed E-state index contributed by atoms with van der Waals surface area (Å²) in [4.78, 5) is 6.25. The molecule has 0 bridgehead atoms. The first-order valence-electron chi connectivity index (χ1n) is 10.5. The maximum absolute atomic E-state index is 12.0. The SMILES string of the molecule is Cc1ccc(Sc2cc([NH+]([O-])O)cc(Sc3ccc(C)cc3)c2Sc2ccc(C)cc2)cc1. The third-order valence-electron chi connectivity index (χ3n) is 5.01. The fraction of sp³-hybridized carbons (Fsp3) is 0.111. The van der Waals surface area contributed by atoms with Crippen LogP contribution >= 0.6 is 35.3 Å². The maximum Gasteiger partial charge on any atom is 0.166 e. The van der Waals surface area contributed by atoms with E-state index < -0.39 is 5.23 Å². The standard InChI is InChI=1S/C27H25NO2S3/c1-18-4-10-22(11-5-18)31-25-16-21(28(29)30)17-26(32-23-12-6-19(2)7-13-23)27(25)33-24-14-8-20(3)9-15-24/h4-17,28-29H,1-3H3. The van der Waals surface area contributed by atoms with Crippen LogP contribution in [0.15, 0.2) is 114 Å². The minimum Gasteiger partial charge on any atom is -0.595 e. The predicted octanol–water partition coefficient (Wildman–Crippen LogP) is 7.47. The molecule has 0 fully saturated rings. The molecule has 0 saturated heterocycles. The summed E-state index contributed by atoms with van der Waals surface area (Å²) in [6.45, 7) is 6.20. The van der Waals surface area contributed by atoms with Crippen LogP contribution in [0.2, 0.25) is 0 Å². The van der Waals surface area contributed by atoms with E-state index in [1.54, 1.807) is 47.4 Å². The van der Waals surface area contributed by atoms with Crippen molar-refractivity contribution in [3.63, 3.8) is 0 Å². The number of benzene rings is 4. The van der Waals surface area contributed by atoms with Crippen LogP contribution in [0.3, 0.4) is 0 Å². The van der Waals surface area contributed by atoms with E-state index in [4.69, 9.17) is 0 Å². The molecule has 4 aromatic carbocycles. The molecule has 0 aliphatic carbocycles. The molecule has 2 N–H and O–H groups in total. The van der Waals surface area contributed by atoms with Gasteiger partial charge in [-0.3, -0.25) is 0 Å². The maximum atomic E-state index is 12.0. The highest BCUT2D eigenvalue weighted by Crippen LogP contribution is 2.47. The first kappa shape index (κ1) is 24.0. The normalized spacial score (nSPS) is 12.0. The Morgan fingerprint density at radius 2 is 0.909 bits per heavy atom. The first-order valence-corrected chi connectivity index (χ1v) is 13.0. The van der Waals surface area contributed by atoms with Gasteiger partial charge in [-0.15, -0.1) is 0 Å². The second-order valence-corrected chi connectivity index (χ2v) is 11.2. The summed E-state index contributed by atoms with van der Waals surface area (Å²) in [5.74, 6) is 0. The predicted molar refractivity (Wildman–Crippen MR) is 138 cm³/mol. The van der Waals surface area contributed by atoms with Crippen LogP contribution in [0, 0.1) is 26.0 Å². The van der Waals surface area contributed by atoms with Gasteiger partial charge in [0.1, 0.15) is 0 Å². The molecule has 0 spiro atoms. The lowest BCUT2D eigenvalue weighted by Gasteiger charge is -2.19. The number of hydrogen-bond donors (Lipinski definition) is 2. The van der Waals surface area contributed by atoms with E-state index in [9.17, 15) is 10.4 Å². The summed E-state index contributed by atoms with van der Waals surface area (Å²) in [6.07, 6.45) is 0. The van der Waals surface area contributed by atoms with Crippen molar-refractivity contribution >= 4 is 41.0 Å². The molecule has 6 heteroatoms. The summed E-state index contributed by atoms with van der Waals surface area (Å²) in [6, 6.07) is 28.7. The molecule has 0 heterocycles. The van der Waals surface area contributed by atoms with E-state index in [0.717, 1.165) is 29.4 Å². The molecule has 1 unspecified atom stereocenters. The molecule has 4 aromatic rings. The monoisotopic (exact) mass is 491 g/mol. The summed E-state index contributed by atoms with van der Waals surface area (Å²) in [5, 5.41) is 20.9. The van der Waals surface area contributed by atoms with Crippen LogP contribution in [0.5, 0.6) is 0 Å². The van der Waals surface area contributed by atoms with Gasteiger partial charge in [0.2, 0.25) is 0 Å². The van der Waals surface area contributed by atoms with Crippen molar-refractivity contribution in [2.24, 2.45) is 0 Å². The third kappa shape index (κ3) is 6.44. The van der Waals surface area contributed by atoms with Crippen molar-refractivity contribution < 1.29 is 10.4 Å². The fourth-order valence-corrected chi connectivity index (χ4v) is 6.36. The number of nitrogens with one attached hydrogen (secondary N) is 1. The Morgan fingerprint density at radius 3 is 1.24 bits per heavy atom. The fourth-order valence-electron chi connectivity index (χ4n) is 3.14. The molecule has 168 valence electrons. The molecule has 33 heavy (non-hydrogen) atoms. The topological polar surface area (TPSA) is 47.7 Å². The summed E-state index contributed by atoms with van der Waals surface area (Å²) < 4.78 is 0. The van der Waals surface area contributed by atoms with Gasteiger partial charge in [-0.05, 0) is 57.2 Å². The first-order chi connectivity index (χ1) is 15.9. The van der Waals surface area contributed by atoms with Gasteiger partial charge < -0.3 is 5.21 Å². The van der Waals surface area contributed by atoms with E-state index in [1.165, 1.54) is 16.7 Å². The highest BCUT2D eigenvalue weighted by atomic mass is 32.2. The van der Waals surface area contributed by atoms with Crippen molar-refractivity contribution in [2.75, 3.05) is 0 Å². The smallest absolute Gasteiger partial charge is 0.166 e. The molecule has 4 rings (SSSR count). The Morgan fingerprint density at radius 1 is 0.576 bits per heavy atom. The zero-order chi connectivity index (χ0) is 23.4. The van der Waals surface area contributed by atoms with Crippen molar-refractivity contribution in [3.05, 3.63) is 107 Å². The van der Waals surface area contributed by atoms with Crippen LogP contribution in [0.1, 0.15) is 16.7 Å². The van der Waals surface area contributed by atoms with E-state index >= 15 is 0 Å². The Labute approximate surface area is 207 Å². The van der Waals surface area contributed by atoms with Gasteiger partial charge in [0.25, 0.3) is 0 Å². The quantitative estimate of drug-likeness (QED) is 0.263. The molecule has 1 atom stereocenters. The lowest BCUT2D eigenvalue weighted by molar-refractivity contribution is -0.991. The Hall–Kier alpha value is -2.19. The van der Waals surface area contributed by atoms with E-state index in [-0.39, 0.29) is 0 Å². The molecular weight excluding hydrogens is 467 g/mol. The Balaban J connectivity index is 1.81. The van der Waals surface area contributed by atoms with Gasteiger partial charge in [-0.2, -0.15) is 5.23 Å². The average Bonchev–Trinajstić information content (AvgIpc) is 2.80. The molecule has 0 aliphatic heterocycles. The van der Waals surface area contributed by atoms with Gasteiger partial charge in [-0.1, -0.05) is 88.4 Å². The number of aryl methyl sites for hydroxylation is 3. The van der Waals surface area contributed by atoms with Crippen LogP contribution < -0.4 is 5.23 Å². The van der Waals surface area contributed by atoms with Crippen molar-refractivity contribution in [1.29, 1.82) is 0 Å². The molecule has 3 nitrogen and oxygen atoms in total. The minimum absolute atomic E-state index is 0.299. The van der Waals surface area contributed by atoms with Gasteiger partial charge in [-0.25, -0.2) is 5.21 Å². The van der Waals surface area contributed by atoms with E-state index in [2.05, 4.69) is 93.6 Å². The van der Waals surface area contributed by atoms with Crippen LogP contribution in [-0.2, 0) is 0 Å². The summed E-state index contributed by atoms with van der Waals surface area (Å²) >= 11 is 4.89. The van der Waals surface area contributed by atoms with Crippen molar-refractivity contribution in [1.82, 2.24) is 0 Å². The average molecular weight is 492 g/mol. The lowest BCUT2D eigenvalue weighted by Crippen LogP contribution is -2.99. The summed E-state index contributed by atoms with van der Waals surface area (Å²) in [7, 11) is 0. The number of quaternary nitrogens is 1. The molecule has 0 aromatic heterocycles. The zero-order valence-electron chi connectivity index (χ0n) is 18.7. The van der Waals surface area contributed by atoms with Gasteiger partial charge >= 0.3 is 0 Å². The van der Waals surface area contributed by atoms with Crippen LogP contribution in [-0.4, -0.2) is 5.21 Å². The van der Waals surface area contributed by atoms with Gasteiger partial charge in [0.15, 0.2) is 5.69 Å². The second kappa shape index (κ2) is 10.8. The molecular formula is C27H25NO2S3. The Kier molecular flexibility index (Phi) is 7.86. The number of hydrogen-bond acceptors (Lipinski definition) is 5. The highest BCUT2D eigenvalue weighted by Gasteiger charge is 2.18. The molecule has 0 saturated carbocycles. The highest BCUT2D eigenvalue weighted by molar-refractivity contribution is 8.04. The van der Waals surface area contributed by atoms with E-state index in [0.29, 0.717) is 5.69 Å². The minimum atomic E-state index is -0.918. The van der Waals surface area contributed by atoms with Crippen molar-refractivity contribution in [2.45, 2.75) is 50.1 Å². The summed E-state index contributed by atoms with van der Waals surface area (Å²) in [5.41, 5.74) is 3.91. The second-order valence-electron chi connectivity index (χ2n) is 7.85. The molecule has 0 amide bonds. The van der Waals surface area contributed by atoms with Crippen LogP contribution in [0.4, 0.5) is 5.69 Å². The Bertz CT molecular complexity index is 1150. The molecule has 0 radical (unpaired) electrons. The van der Waals surface area contributed by atoms with Crippen molar-refractivity contribution in [3.8, 4) is 0 Å².